The van der Waals surface area contributed by atoms with Gasteiger partial charge in [0.05, 0.1) is 11.4 Å². The van der Waals surface area contributed by atoms with Crippen LogP contribution in [0, 0.1) is 13.8 Å². The number of anilines is 2. The molecule has 1 atom stereocenters. The molecule has 7 heteroatoms. The maximum atomic E-state index is 13.0. The van der Waals surface area contributed by atoms with Gasteiger partial charge in [0.15, 0.2) is 0 Å². The third kappa shape index (κ3) is 2.56. The molecule has 2 N–H and O–H groups in total. The molecule has 0 radical (unpaired) electrons. The van der Waals surface area contributed by atoms with Gasteiger partial charge in [-0.2, -0.15) is 8.42 Å². The third-order valence-electron chi connectivity index (χ3n) is 3.23. The number of hydrogen-bond acceptors (Lipinski definition) is 4. The Hall–Kier alpha value is -1.63. The van der Waals surface area contributed by atoms with Crippen LogP contribution in [-0.2, 0) is 15.0 Å². The lowest BCUT2D eigenvalue weighted by atomic mass is 10.1. The van der Waals surface area contributed by atoms with E-state index in [0.717, 1.165) is 11.1 Å². The van der Waals surface area contributed by atoms with Gasteiger partial charge in [0.25, 0.3) is 0 Å². The Bertz CT molecular complexity index is 619. The Morgan fingerprint density at radius 1 is 1.37 bits per heavy atom. The van der Waals surface area contributed by atoms with E-state index >= 15 is 0 Å². The minimum atomic E-state index is -4.71. The quantitative estimate of drug-likeness (QED) is 0.656. The molecule has 1 saturated heterocycles. The predicted octanol–water partition coefficient (Wildman–Crippen LogP) is 1.29. The van der Waals surface area contributed by atoms with E-state index in [0.29, 0.717) is 11.4 Å². The molecule has 2 rings (SSSR count). The van der Waals surface area contributed by atoms with Crippen LogP contribution >= 0.6 is 0 Å². The Kier molecular flexibility index (Phi) is 3.25. The van der Waals surface area contributed by atoms with Crippen molar-refractivity contribution in [2.24, 2.45) is 0 Å². The number of hydrogen-bond donors (Lipinski definition) is 1. The molecule has 0 aliphatic carbocycles. The highest BCUT2D eigenvalue weighted by Crippen LogP contribution is 2.33. The minimum Gasteiger partial charge on any atom is -0.397 e. The van der Waals surface area contributed by atoms with Crippen molar-refractivity contribution in [3.63, 3.8) is 0 Å². The van der Waals surface area contributed by atoms with Gasteiger partial charge >= 0.3 is 10.2 Å². The maximum absolute atomic E-state index is 13.0. The van der Waals surface area contributed by atoms with E-state index < -0.39 is 21.4 Å². The van der Waals surface area contributed by atoms with Crippen molar-refractivity contribution < 1.29 is 17.1 Å². The zero-order valence-electron chi connectivity index (χ0n) is 10.7. The Balaban J connectivity index is 2.42. The highest BCUT2D eigenvalue weighted by Gasteiger charge is 2.40. The number of nitrogen functional groups attached to an aromatic ring is 1. The van der Waals surface area contributed by atoms with E-state index in [1.807, 2.05) is 13.0 Å². The monoisotopic (exact) mass is 286 g/mol. The molecule has 1 heterocycles. The van der Waals surface area contributed by atoms with E-state index in [1.165, 1.54) is 4.90 Å². The molecule has 0 aromatic heterocycles. The summed E-state index contributed by atoms with van der Waals surface area (Å²) in [6, 6.07) is 3.54. The van der Waals surface area contributed by atoms with Crippen LogP contribution in [0.3, 0.4) is 0 Å². The molecule has 5 nitrogen and oxygen atoms in total. The molecule has 1 amide bonds. The van der Waals surface area contributed by atoms with Crippen LogP contribution in [0.4, 0.5) is 15.3 Å². The average Bonchev–Trinajstić information content (AvgIpc) is 2.59. The van der Waals surface area contributed by atoms with Crippen molar-refractivity contribution in [3.05, 3.63) is 23.3 Å². The summed E-state index contributed by atoms with van der Waals surface area (Å²) in [5.74, 6) is -0.426. The average molecular weight is 286 g/mol. The van der Waals surface area contributed by atoms with Crippen LogP contribution in [0.5, 0.6) is 0 Å². The summed E-state index contributed by atoms with van der Waals surface area (Å²) in [5, 5.41) is -1.31. The number of nitrogens with zero attached hydrogens (tertiary/aromatic N) is 1. The molecule has 1 unspecified atom stereocenters. The standard InChI is InChI=1S/C12H15FN2O3S/c1-7-3-8(2)12(10(14)4-7)15-6-9(5-11(15)16)19(13,17)18/h3-4,9H,5-6,14H2,1-2H3. The van der Waals surface area contributed by atoms with Crippen molar-refractivity contribution in [1.29, 1.82) is 0 Å². The van der Waals surface area contributed by atoms with E-state index in [2.05, 4.69) is 0 Å². The van der Waals surface area contributed by atoms with Crippen molar-refractivity contribution in [2.75, 3.05) is 17.2 Å². The third-order valence-corrected chi connectivity index (χ3v) is 4.34. The lowest BCUT2D eigenvalue weighted by molar-refractivity contribution is -0.117. The van der Waals surface area contributed by atoms with Crippen molar-refractivity contribution in [2.45, 2.75) is 25.5 Å². The van der Waals surface area contributed by atoms with Gasteiger partial charge in [-0.3, -0.25) is 4.79 Å². The van der Waals surface area contributed by atoms with Gasteiger partial charge in [-0.25, -0.2) is 0 Å². The molecule has 1 aromatic rings. The number of rotatable bonds is 2. The fourth-order valence-corrected chi connectivity index (χ4v) is 3.11. The number of benzene rings is 1. The lowest BCUT2D eigenvalue weighted by Crippen LogP contribution is -2.28. The number of halogens is 1. The summed E-state index contributed by atoms with van der Waals surface area (Å²) in [4.78, 5) is 13.1. The molecule has 0 bridgehead atoms. The SMILES string of the molecule is Cc1cc(C)c(N2CC(S(=O)(=O)F)CC2=O)c(N)c1. The second-order valence-electron chi connectivity index (χ2n) is 4.83. The first-order chi connectivity index (χ1) is 8.70. The molecule has 1 aliphatic rings. The Labute approximate surface area is 111 Å². The van der Waals surface area contributed by atoms with Crippen LogP contribution in [0.2, 0.25) is 0 Å². The minimum absolute atomic E-state index is 0.189. The van der Waals surface area contributed by atoms with Crippen LogP contribution in [0.1, 0.15) is 17.5 Å². The number of nitrogens with two attached hydrogens (primary N) is 1. The van der Waals surface area contributed by atoms with E-state index in [-0.39, 0.29) is 13.0 Å². The van der Waals surface area contributed by atoms with Crippen molar-refractivity contribution in [3.8, 4) is 0 Å². The van der Waals surface area contributed by atoms with Gasteiger partial charge in [-0.05, 0) is 31.0 Å². The lowest BCUT2D eigenvalue weighted by Gasteiger charge is -2.21. The van der Waals surface area contributed by atoms with Crippen molar-refractivity contribution in [1.82, 2.24) is 0 Å². The predicted molar refractivity (Wildman–Crippen MR) is 71.1 cm³/mol. The molecular weight excluding hydrogens is 271 g/mol. The largest absolute Gasteiger partial charge is 0.397 e. The summed E-state index contributed by atoms with van der Waals surface area (Å²) >= 11 is 0. The normalized spacial score (nSPS) is 20.1. The summed E-state index contributed by atoms with van der Waals surface area (Å²) in [5.41, 5.74) is 8.46. The van der Waals surface area contributed by atoms with E-state index in [4.69, 9.17) is 5.73 Å². The second kappa shape index (κ2) is 4.48. The van der Waals surface area contributed by atoms with Gasteiger partial charge in [0.2, 0.25) is 5.91 Å². The fraction of sp³-hybridized carbons (Fsp3) is 0.417. The van der Waals surface area contributed by atoms with E-state index in [9.17, 15) is 17.1 Å². The maximum Gasteiger partial charge on any atom is 0.307 e. The highest BCUT2D eigenvalue weighted by molar-refractivity contribution is 7.87. The van der Waals surface area contributed by atoms with E-state index in [1.54, 1.807) is 13.0 Å². The number of aryl methyl sites for hydroxylation is 2. The van der Waals surface area contributed by atoms with Crippen molar-refractivity contribution >= 4 is 27.5 Å². The zero-order chi connectivity index (χ0) is 14.4. The smallest absolute Gasteiger partial charge is 0.307 e. The Morgan fingerprint density at radius 3 is 2.47 bits per heavy atom. The molecule has 19 heavy (non-hydrogen) atoms. The van der Waals surface area contributed by atoms with Crippen LogP contribution in [0.25, 0.3) is 0 Å². The molecule has 1 fully saturated rings. The summed E-state index contributed by atoms with van der Waals surface area (Å²) in [7, 11) is -4.71. The van der Waals surface area contributed by atoms with Gasteiger partial charge < -0.3 is 10.6 Å². The van der Waals surface area contributed by atoms with Crippen LogP contribution in [0.15, 0.2) is 12.1 Å². The highest BCUT2D eigenvalue weighted by atomic mass is 32.3. The number of carbonyl (C=O) groups excluding carboxylic acids is 1. The fourth-order valence-electron chi connectivity index (χ4n) is 2.44. The summed E-state index contributed by atoms with van der Waals surface area (Å²) in [6.45, 7) is 3.46. The first-order valence-corrected chi connectivity index (χ1v) is 7.25. The Morgan fingerprint density at radius 2 is 2.00 bits per heavy atom. The van der Waals surface area contributed by atoms with Gasteiger partial charge in [-0.15, -0.1) is 3.89 Å². The van der Waals surface area contributed by atoms with Crippen LogP contribution in [-0.4, -0.2) is 26.1 Å². The molecule has 0 saturated carbocycles. The zero-order valence-corrected chi connectivity index (χ0v) is 11.5. The summed E-state index contributed by atoms with van der Waals surface area (Å²) < 4.78 is 34.8. The second-order valence-corrected chi connectivity index (χ2v) is 6.44. The first kappa shape index (κ1) is 13.8. The topological polar surface area (TPSA) is 80.5 Å². The van der Waals surface area contributed by atoms with Gasteiger partial charge in [0.1, 0.15) is 5.25 Å². The molecular formula is C12H15FN2O3S. The molecule has 104 valence electrons. The van der Waals surface area contributed by atoms with Crippen LogP contribution < -0.4 is 10.6 Å². The number of amides is 1. The molecule has 1 aliphatic heterocycles. The van der Waals surface area contributed by atoms with Gasteiger partial charge in [0, 0.05) is 13.0 Å². The first-order valence-electron chi connectivity index (χ1n) is 5.80. The molecule has 1 aromatic carbocycles. The summed E-state index contributed by atoms with van der Waals surface area (Å²) in [6.07, 6.45) is -0.342. The number of carbonyl (C=O) groups is 1. The molecule has 0 spiro atoms. The van der Waals surface area contributed by atoms with Gasteiger partial charge in [-0.1, -0.05) is 6.07 Å².